The van der Waals surface area contributed by atoms with Crippen LogP contribution in [0.4, 0.5) is 0 Å². The quantitative estimate of drug-likeness (QED) is 0.609. The second-order valence-electron chi connectivity index (χ2n) is 4.45. The van der Waals surface area contributed by atoms with Crippen LogP contribution in [0.5, 0.6) is 0 Å². The SMILES string of the molecule is C(CNC1CCC1)COCC1CC1. The smallest absolute Gasteiger partial charge is 0.0494 e. The zero-order valence-corrected chi connectivity index (χ0v) is 8.43. The molecule has 2 aliphatic rings. The zero-order valence-electron chi connectivity index (χ0n) is 8.43. The molecule has 0 aliphatic heterocycles. The van der Waals surface area contributed by atoms with Gasteiger partial charge < -0.3 is 10.1 Å². The second kappa shape index (κ2) is 4.97. The molecule has 0 heterocycles. The summed E-state index contributed by atoms with van der Waals surface area (Å²) in [5.74, 6) is 0.916. The first-order valence-electron chi connectivity index (χ1n) is 5.76. The van der Waals surface area contributed by atoms with E-state index in [9.17, 15) is 0 Å². The molecule has 2 fully saturated rings. The van der Waals surface area contributed by atoms with Gasteiger partial charge in [-0.2, -0.15) is 0 Å². The Hall–Kier alpha value is -0.0800. The van der Waals surface area contributed by atoms with Crippen molar-refractivity contribution >= 4 is 0 Å². The van der Waals surface area contributed by atoms with Crippen LogP contribution in [0.2, 0.25) is 0 Å². The minimum atomic E-state index is 0.837. The fraction of sp³-hybridized carbons (Fsp3) is 1.00. The summed E-state index contributed by atoms with van der Waals surface area (Å²) in [4.78, 5) is 0. The van der Waals surface area contributed by atoms with Gasteiger partial charge in [-0.05, 0) is 44.6 Å². The van der Waals surface area contributed by atoms with E-state index >= 15 is 0 Å². The van der Waals surface area contributed by atoms with E-state index < -0.39 is 0 Å². The van der Waals surface area contributed by atoms with Gasteiger partial charge in [0, 0.05) is 19.3 Å². The minimum absolute atomic E-state index is 0.837. The molecule has 0 aromatic carbocycles. The number of ether oxygens (including phenoxy) is 1. The highest BCUT2D eigenvalue weighted by atomic mass is 16.5. The van der Waals surface area contributed by atoms with E-state index in [0.29, 0.717) is 0 Å². The molecular weight excluding hydrogens is 162 g/mol. The van der Waals surface area contributed by atoms with Gasteiger partial charge in [0.1, 0.15) is 0 Å². The molecule has 0 aromatic rings. The predicted molar refractivity (Wildman–Crippen MR) is 53.8 cm³/mol. The van der Waals surface area contributed by atoms with Crippen molar-refractivity contribution in [1.82, 2.24) is 5.32 Å². The predicted octanol–water partition coefficient (Wildman–Crippen LogP) is 1.95. The topological polar surface area (TPSA) is 21.3 Å². The third kappa shape index (κ3) is 3.65. The van der Waals surface area contributed by atoms with Crippen LogP contribution < -0.4 is 5.32 Å². The normalized spacial score (nSPS) is 23.1. The van der Waals surface area contributed by atoms with Gasteiger partial charge >= 0.3 is 0 Å². The van der Waals surface area contributed by atoms with E-state index in [1.54, 1.807) is 0 Å². The van der Waals surface area contributed by atoms with Crippen LogP contribution in [0.25, 0.3) is 0 Å². The Bertz CT molecular complexity index is 141. The van der Waals surface area contributed by atoms with Gasteiger partial charge in [0.25, 0.3) is 0 Å². The molecule has 2 nitrogen and oxygen atoms in total. The molecule has 0 radical (unpaired) electrons. The van der Waals surface area contributed by atoms with Crippen molar-refractivity contribution in [2.45, 2.75) is 44.6 Å². The van der Waals surface area contributed by atoms with Gasteiger partial charge in [0.15, 0.2) is 0 Å². The highest BCUT2D eigenvalue weighted by molar-refractivity contribution is 4.76. The molecule has 0 bridgehead atoms. The largest absolute Gasteiger partial charge is 0.381 e. The summed E-state index contributed by atoms with van der Waals surface area (Å²) < 4.78 is 5.55. The first-order valence-corrected chi connectivity index (χ1v) is 5.76. The molecule has 2 rings (SSSR count). The maximum Gasteiger partial charge on any atom is 0.0494 e. The molecule has 76 valence electrons. The zero-order chi connectivity index (χ0) is 8.93. The van der Waals surface area contributed by atoms with Crippen molar-refractivity contribution in [3.05, 3.63) is 0 Å². The molecule has 0 unspecified atom stereocenters. The maximum absolute atomic E-state index is 5.55. The Morgan fingerprint density at radius 3 is 2.62 bits per heavy atom. The molecule has 2 saturated carbocycles. The Kier molecular flexibility index (Phi) is 3.62. The lowest BCUT2D eigenvalue weighted by Crippen LogP contribution is -2.35. The average molecular weight is 183 g/mol. The van der Waals surface area contributed by atoms with Crippen molar-refractivity contribution in [3.63, 3.8) is 0 Å². The molecule has 0 amide bonds. The standard InChI is InChI=1S/C11H21NO/c1-3-11(4-1)12-7-2-8-13-9-10-5-6-10/h10-12H,1-9H2. The molecule has 0 atom stereocenters. The highest BCUT2D eigenvalue weighted by Crippen LogP contribution is 2.28. The Morgan fingerprint density at radius 2 is 2.00 bits per heavy atom. The Morgan fingerprint density at radius 1 is 1.15 bits per heavy atom. The van der Waals surface area contributed by atoms with E-state index in [2.05, 4.69) is 5.32 Å². The first kappa shape index (κ1) is 9.47. The lowest BCUT2D eigenvalue weighted by atomic mass is 9.93. The number of nitrogens with one attached hydrogen (secondary N) is 1. The van der Waals surface area contributed by atoms with Gasteiger partial charge in [0.05, 0.1) is 0 Å². The lowest BCUT2D eigenvalue weighted by Gasteiger charge is -2.26. The molecule has 0 spiro atoms. The number of hydrogen-bond donors (Lipinski definition) is 1. The Labute approximate surface area is 81.0 Å². The van der Waals surface area contributed by atoms with Gasteiger partial charge in [-0.15, -0.1) is 0 Å². The van der Waals surface area contributed by atoms with E-state index in [1.807, 2.05) is 0 Å². The summed E-state index contributed by atoms with van der Waals surface area (Å²) in [5, 5.41) is 3.54. The highest BCUT2D eigenvalue weighted by Gasteiger charge is 2.20. The lowest BCUT2D eigenvalue weighted by molar-refractivity contribution is 0.120. The van der Waals surface area contributed by atoms with Gasteiger partial charge in [0.2, 0.25) is 0 Å². The average Bonchev–Trinajstić information content (AvgIpc) is 2.83. The summed E-state index contributed by atoms with van der Waals surface area (Å²) in [7, 11) is 0. The van der Waals surface area contributed by atoms with Gasteiger partial charge in [-0.1, -0.05) is 6.42 Å². The van der Waals surface area contributed by atoms with Crippen LogP contribution in [0.3, 0.4) is 0 Å². The summed E-state index contributed by atoms with van der Waals surface area (Å²) in [6.45, 7) is 3.12. The molecule has 1 N–H and O–H groups in total. The third-order valence-electron chi connectivity index (χ3n) is 3.05. The molecular formula is C11H21NO. The maximum atomic E-state index is 5.55. The Balaban J connectivity index is 1.32. The van der Waals surface area contributed by atoms with Crippen LogP contribution in [0.1, 0.15) is 38.5 Å². The van der Waals surface area contributed by atoms with E-state index in [-0.39, 0.29) is 0 Å². The molecule has 13 heavy (non-hydrogen) atoms. The third-order valence-corrected chi connectivity index (χ3v) is 3.05. The fourth-order valence-corrected chi connectivity index (χ4v) is 1.63. The summed E-state index contributed by atoms with van der Waals surface area (Å²) in [6, 6.07) is 0.837. The summed E-state index contributed by atoms with van der Waals surface area (Å²) in [6.07, 6.45) is 8.20. The van der Waals surface area contributed by atoms with Crippen LogP contribution in [-0.2, 0) is 4.74 Å². The minimum Gasteiger partial charge on any atom is -0.381 e. The van der Waals surface area contributed by atoms with Crippen molar-refractivity contribution in [3.8, 4) is 0 Å². The molecule has 0 aromatic heterocycles. The van der Waals surface area contributed by atoms with Crippen LogP contribution >= 0.6 is 0 Å². The van der Waals surface area contributed by atoms with E-state index in [1.165, 1.54) is 38.5 Å². The van der Waals surface area contributed by atoms with E-state index in [4.69, 9.17) is 4.74 Å². The molecule has 0 saturated heterocycles. The number of hydrogen-bond acceptors (Lipinski definition) is 2. The van der Waals surface area contributed by atoms with Crippen LogP contribution in [0, 0.1) is 5.92 Å². The van der Waals surface area contributed by atoms with Crippen molar-refractivity contribution in [1.29, 1.82) is 0 Å². The van der Waals surface area contributed by atoms with Crippen molar-refractivity contribution in [2.75, 3.05) is 19.8 Å². The monoisotopic (exact) mass is 183 g/mol. The van der Waals surface area contributed by atoms with Gasteiger partial charge in [-0.3, -0.25) is 0 Å². The summed E-state index contributed by atoms with van der Waals surface area (Å²) in [5.41, 5.74) is 0. The van der Waals surface area contributed by atoms with Gasteiger partial charge in [-0.25, -0.2) is 0 Å². The molecule has 2 heteroatoms. The second-order valence-corrected chi connectivity index (χ2v) is 4.45. The van der Waals surface area contributed by atoms with Crippen molar-refractivity contribution in [2.24, 2.45) is 5.92 Å². The summed E-state index contributed by atoms with van der Waals surface area (Å²) >= 11 is 0. The van der Waals surface area contributed by atoms with Crippen LogP contribution in [-0.4, -0.2) is 25.8 Å². The van der Waals surface area contributed by atoms with Crippen LogP contribution in [0.15, 0.2) is 0 Å². The van der Waals surface area contributed by atoms with Crippen molar-refractivity contribution < 1.29 is 4.74 Å². The number of rotatable bonds is 7. The first-order chi connectivity index (χ1) is 6.45. The molecule has 2 aliphatic carbocycles. The fourth-order valence-electron chi connectivity index (χ4n) is 1.63. The van der Waals surface area contributed by atoms with E-state index in [0.717, 1.165) is 31.7 Å².